The van der Waals surface area contributed by atoms with Gasteiger partial charge in [0, 0.05) is 18.8 Å². The highest BCUT2D eigenvalue weighted by Gasteiger charge is 2.33. The van der Waals surface area contributed by atoms with Crippen LogP contribution in [0.5, 0.6) is 11.5 Å². The maximum absolute atomic E-state index is 10.5. The number of anilines is 1. The highest BCUT2D eigenvalue weighted by Crippen LogP contribution is 2.57. The van der Waals surface area contributed by atoms with Crippen molar-refractivity contribution >= 4 is 13.9 Å². The fourth-order valence-electron chi connectivity index (χ4n) is 2.40. The quantitative estimate of drug-likeness (QED) is 0.854. The minimum absolute atomic E-state index is 0.309. The van der Waals surface area contributed by atoms with Crippen LogP contribution < -0.4 is 14.2 Å². The Labute approximate surface area is 142 Å². The van der Waals surface area contributed by atoms with Crippen LogP contribution in [0.15, 0.2) is 54.6 Å². The Kier molecular flexibility index (Phi) is 5.53. The number of methoxy groups -OCH3 is 1. The Morgan fingerprint density at radius 2 is 1.54 bits per heavy atom. The molecule has 0 saturated carbocycles. The van der Waals surface area contributed by atoms with Crippen LogP contribution in [-0.2, 0) is 9.05 Å². The summed E-state index contributed by atoms with van der Waals surface area (Å²) in [6.45, 7) is 1.89. The Morgan fingerprint density at radius 1 is 0.917 bits per heavy atom. The standard InChI is InChI=1S/C17H21NO5P/c1-20-16-9-7-15(8-10-16)18-11-13-21-24(19,22-14-12-18)23-17-5-3-2-4-6-17/h2-10,19H,11-14H2,1H3. The van der Waals surface area contributed by atoms with E-state index in [-0.39, 0.29) is 0 Å². The smallest absolute Gasteiger partial charge is 0.434 e. The van der Waals surface area contributed by atoms with E-state index in [1.807, 2.05) is 42.5 Å². The normalized spacial score (nSPS) is 17.7. The fraction of sp³-hybridized carbons (Fsp3) is 0.294. The van der Waals surface area contributed by atoms with Crippen molar-refractivity contribution in [3.8, 4) is 11.5 Å². The summed E-state index contributed by atoms with van der Waals surface area (Å²) in [5.41, 5.74) is 1.05. The van der Waals surface area contributed by atoms with E-state index in [1.54, 1.807) is 19.2 Å². The van der Waals surface area contributed by atoms with E-state index in [0.717, 1.165) is 11.4 Å². The first-order valence-corrected chi connectivity index (χ1v) is 9.23. The predicted molar refractivity (Wildman–Crippen MR) is 93.3 cm³/mol. The molecular formula is C17H21NO5P. The molecule has 0 aliphatic carbocycles. The molecule has 1 heterocycles. The molecule has 1 fully saturated rings. The second kappa shape index (κ2) is 7.81. The Balaban J connectivity index is 1.60. The van der Waals surface area contributed by atoms with Gasteiger partial charge in [0.1, 0.15) is 11.5 Å². The summed E-state index contributed by atoms with van der Waals surface area (Å²) < 4.78 is 21.8. The van der Waals surface area contributed by atoms with E-state index >= 15 is 0 Å². The molecule has 0 atom stereocenters. The molecule has 3 rings (SSSR count). The van der Waals surface area contributed by atoms with E-state index in [0.29, 0.717) is 32.1 Å². The zero-order valence-corrected chi connectivity index (χ0v) is 14.4. The Morgan fingerprint density at radius 3 is 2.12 bits per heavy atom. The summed E-state index contributed by atoms with van der Waals surface area (Å²) in [5, 5.41) is 0. The molecule has 0 aromatic heterocycles. The van der Waals surface area contributed by atoms with Gasteiger partial charge < -0.3 is 19.1 Å². The van der Waals surface area contributed by atoms with Gasteiger partial charge in [0.05, 0.1) is 20.3 Å². The summed E-state index contributed by atoms with van der Waals surface area (Å²) in [5.74, 6) is 1.34. The van der Waals surface area contributed by atoms with Crippen LogP contribution >= 0.6 is 8.17 Å². The van der Waals surface area contributed by atoms with Crippen molar-refractivity contribution in [2.75, 3.05) is 38.3 Å². The van der Waals surface area contributed by atoms with Crippen molar-refractivity contribution < 1.29 is 23.2 Å². The molecule has 129 valence electrons. The number of nitrogens with zero attached hydrogens (tertiary/aromatic N) is 1. The van der Waals surface area contributed by atoms with E-state index in [9.17, 15) is 4.89 Å². The lowest BCUT2D eigenvalue weighted by atomic mass is 10.2. The van der Waals surface area contributed by atoms with Gasteiger partial charge in [-0.25, -0.2) is 0 Å². The average Bonchev–Trinajstić information content (AvgIpc) is 2.59. The minimum atomic E-state index is -3.33. The molecule has 0 amide bonds. The third-order valence-electron chi connectivity index (χ3n) is 3.63. The molecule has 1 saturated heterocycles. The Bertz CT molecular complexity index is 627. The number of para-hydroxylation sites is 1. The van der Waals surface area contributed by atoms with Gasteiger partial charge in [-0.3, -0.25) is 9.05 Å². The maximum atomic E-state index is 10.5. The van der Waals surface area contributed by atoms with Gasteiger partial charge in [-0.2, -0.15) is 0 Å². The van der Waals surface area contributed by atoms with Gasteiger partial charge in [0.15, 0.2) is 0 Å². The predicted octanol–water partition coefficient (Wildman–Crippen LogP) is 3.30. The van der Waals surface area contributed by atoms with Crippen LogP contribution in [0.4, 0.5) is 5.69 Å². The first-order chi connectivity index (χ1) is 11.7. The minimum Gasteiger partial charge on any atom is -0.497 e. The molecule has 1 aliphatic heterocycles. The van der Waals surface area contributed by atoms with Crippen LogP contribution in [0.25, 0.3) is 0 Å². The SMILES string of the molecule is COc1ccc(N2CCO[P](O)(Oc3ccccc3)OCC2)cc1. The number of benzene rings is 2. The number of hydrogen-bond acceptors (Lipinski definition) is 6. The Hall–Kier alpha value is -1.85. The van der Waals surface area contributed by atoms with Crippen molar-refractivity contribution in [3.63, 3.8) is 0 Å². The first kappa shape index (κ1) is 17.0. The van der Waals surface area contributed by atoms with Crippen LogP contribution in [0.3, 0.4) is 0 Å². The second-order valence-electron chi connectivity index (χ2n) is 5.22. The van der Waals surface area contributed by atoms with E-state index in [1.165, 1.54) is 0 Å². The summed E-state index contributed by atoms with van der Waals surface area (Å²) in [6, 6.07) is 16.9. The van der Waals surface area contributed by atoms with Crippen LogP contribution in [0.2, 0.25) is 0 Å². The fourth-order valence-corrected chi connectivity index (χ4v) is 3.59. The lowest BCUT2D eigenvalue weighted by Crippen LogP contribution is -2.34. The molecule has 2 aromatic carbocycles. The van der Waals surface area contributed by atoms with Gasteiger partial charge >= 0.3 is 8.17 Å². The zero-order chi connectivity index (χ0) is 16.8. The van der Waals surface area contributed by atoms with Gasteiger partial charge in [0.25, 0.3) is 0 Å². The van der Waals surface area contributed by atoms with E-state index in [2.05, 4.69) is 4.90 Å². The molecule has 0 spiro atoms. The van der Waals surface area contributed by atoms with Crippen molar-refractivity contribution in [3.05, 3.63) is 54.6 Å². The zero-order valence-electron chi connectivity index (χ0n) is 13.5. The van der Waals surface area contributed by atoms with E-state index < -0.39 is 8.17 Å². The largest absolute Gasteiger partial charge is 0.497 e. The molecule has 24 heavy (non-hydrogen) atoms. The highest BCUT2D eigenvalue weighted by atomic mass is 31.2. The highest BCUT2D eigenvalue weighted by molar-refractivity contribution is 7.55. The van der Waals surface area contributed by atoms with Crippen LogP contribution in [0, 0.1) is 0 Å². The first-order valence-electron chi connectivity index (χ1n) is 7.73. The number of hydrogen-bond donors (Lipinski definition) is 1. The van der Waals surface area contributed by atoms with Crippen LogP contribution in [-0.4, -0.2) is 38.3 Å². The summed E-state index contributed by atoms with van der Waals surface area (Å²) in [7, 11) is -1.69. The summed E-state index contributed by atoms with van der Waals surface area (Å²) in [6.07, 6.45) is 0. The van der Waals surface area contributed by atoms with Crippen molar-refractivity contribution in [2.24, 2.45) is 0 Å². The monoisotopic (exact) mass is 350 g/mol. The van der Waals surface area contributed by atoms with Gasteiger partial charge in [-0.05, 0) is 36.4 Å². The van der Waals surface area contributed by atoms with Crippen molar-refractivity contribution in [2.45, 2.75) is 0 Å². The van der Waals surface area contributed by atoms with Crippen molar-refractivity contribution in [1.29, 1.82) is 0 Å². The summed E-state index contributed by atoms with van der Waals surface area (Å²) >= 11 is 0. The number of rotatable bonds is 4. The second-order valence-corrected chi connectivity index (χ2v) is 6.86. The lowest BCUT2D eigenvalue weighted by molar-refractivity contribution is 0.117. The average molecular weight is 350 g/mol. The lowest BCUT2D eigenvalue weighted by Gasteiger charge is -2.34. The van der Waals surface area contributed by atoms with E-state index in [4.69, 9.17) is 18.3 Å². The molecule has 6 nitrogen and oxygen atoms in total. The molecule has 1 N–H and O–H groups in total. The molecule has 1 radical (unpaired) electrons. The molecule has 1 aliphatic rings. The molecule has 7 heteroatoms. The van der Waals surface area contributed by atoms with Gasteiger partial charge in [0.2, 0.25) is 0 Å². The van der Waals surface area contributed by atoms with Gasteiger partial charge in [-0.1, -0.05) is 18.2 Å². The molecule has 0 unspecified atom stereocenters. The third kappa shape index (κ3) is 4.36. The van der Waals surface area contributed by atoms with Crippen LogP contribution in [0.1, 0.15) is 0 Å². The number of ether oxygens (including phenoxy) is 1. The van der Waals surface area contributed by atoms with Gasteiger partial charge in [-0.15, -0.1) is 0 Å². The third-order valence-corrected chi connectivity index (χ3v) is 5.09. The summed E-state index contributed by atoms with van der Waals surface area (Å²) in [4.78, 5) is 12.6. The molecule has 2 aromatic rings. The molecular weight excluding hydrogens is 329 g/mol. The maximum Gasteiger partial charge on any atom is 0.434 e. The topological polar surface area (TPSA) is 60.4 Å². The molecule has 0 bridgehead atoms. The van der Waals surface area contributed by atoms with Crippen molar-refractivity contribution in [1.82, 2.24) is 0 Å².